The molecule has 1 rings (SSSR count). The highest BCUT2D eigenvalue weighted by atomic mass is 79.9. The maximum absolute atomic E-state index is 11.6. The van der Waals surface area contributed by atoms with E-state index in [4.69, 9.17) is 5.73 Å². The maximum Gasteiger partial charge on any atom is 0.155 e. The van der Waals surface area contributed by atoms with Crippen molar-refractivity contribution in [3.63, 3.8) is 0 Å². The van der Waals surface area contributed by atoms with Crippen LogP contribution in [0.25, 0.3) is 0 Å². The van der Waals surface area contributed by atoms with Gasteiger partial charge in [-0.05, 0) is 41.4 Å². The summed E-state index contributed by atoms with van der Waals surface area (Å²) in [6.07, 6.45) is 0.523. The number of nitrogens with two attached hydrogens (primary N) is 1. The van der Waals surface area contributed by atoms with E-state index in [1.807, 2.05) is 19.1 Å². The van der Waals surface area contributed by atoms with E-state index in [0.717, 1.165) is 8.66 Å². The number of hydrogen-bond donors (Lipinski definition) is 1. The summed E-state index contributed by atoms with van der Waals surface area (Å²) in [6, 6.07) is 3.63. The van der Waals surface area contributed by atoms with Crippen molar-refractivity contribution in [2.45, 2.75) is 25.1 Å². The Morgan fingerprint density at radius 2 is 2.20 bits per heavy atom. The van der Waals surface area contributed by atoms with Crippen LogP contribution in [0.2, 0.25) is 0 Å². The molecule has 15 heavy (non-hydrogen) atoms. The van der Waals surface area contributed by atoms with Crippen LogP contribution in [0.3, 0.4) is 0 Å². The lowest BCUT2D eigenvalue weighted by Crippen LogP contribution is -2.20. The summed E-state index contributed by atoms with van der Waals surface area (Å²) in [7, 11) is -3.01. The van der Waals surface area contributed by atoms with Crippen molar-refractivity contribution < 1.29 is 8.42 Å². The van der Waals surface area contributed by atoms with Crippen molar-refractivity contribution in [1.82, 2.24) is 0 Å². The molecular weight excluding hydrogens is 298 g/mol. The fraction of sp³-hybridized carbons (Fsp3) is 0.556. The van der Waals surface area contributed by atoms with Gasteiger partial charge in [0.15, 0.2) is 9.84 Å². The van der Waals surface area contributed by atoms with Gasteiger partial charge in [-0.1, -0.05) is 0 Å². The van der Waals surface area contributed by atoms with Gasteiger partial charge in [-0.3, -0.25) is 0 Å². The Labute approximate surface area is 103 Å². The zero-order valence-corrected chi connectivity index (χ0v) is 11.7. The molecule has 1 heterocycles. The molecule has 1 aromatic rings. The third-order valence-corrected chi connectivity index (χ3v) is 5.29. The van der Waals surface area contributed by atoms with Crippen LogP contribution < -0.4 is 5.73 Å². The molecule has 0 aliphatic heterocycles. The molecule has 0 bridgehead atoms. The van der Waals surface area contributed by atoms with Gasteiger partial charge in [-0.25, -0.2) is 8.42 Å². The van der Waals surface area contributed by atoms with Crippen molar-refractivity contribution in [3.8, 4) is 0 Å². The largest absolute Gasteiger partial charge is 0.328 e. The van der Waals surface area contributed by atoms with Crippen molar-refractivity contribution >= 4 is 37.1 Å². The summed E-state index contributed by atoms with van der Waals surface area (Å²) in [5, 5.41) is 0. The SMILES string of the molecule is CC(N)CCS(=O)(=O)Cc1ccc(Br)s1. The second-order valence-corrected chi connectivity index (χ2v) is 8.30. The predicted octanol–water partition coefficient (Wildman–Crippen LogP) is 2.16. The van der Waals surface area contributed by atoms with Gasteiger partial charge in [-0.15, -0.1) is 11.3 Å². The molecule has 0 amide bonds. The second kappa shape index (κ2) is 5.43. The Morgan fingerprint density at radius 3 is 2.67 bits per heavy atom. The van der Waals surface area contributed by atoms with E-state index in [1.54, 1.807) is 0 Å². The molecular formula is C9H14BrNO2S2. The van der Waals surface area contributed by atoms with Crippen LogP contribution in [-0.2, 0) is 15.6 Å². The number of rotatable bonds is 5. The molecule has 1 atom stereocenters. The second-order valence-electron chi connectivity index (χ2n) is 3.56. The van der Waals surface area contributed by atoms with E-state index in [1.165, 1.54) is 11.3 Å². The average molecular weight is 312 g/mol. The van der Waals surface area contributed by atoms with Crippen molar-refractivity contribution in [1.29, 1.82) is 0 Å². The third-order valence-electron chi connectivity index (χ3n) is 1.88. The Bertz CT molecular complexity index is 412. The summed E-state index contributed by atoms with van der Waals surface area (Å²) in [4.78, 5) is 0.867. The number of sulfone groups is 1. The van der Waals surface area contributed by atoms with Gasteiger partial charge in [-0.2, -0.15) is 0 Å². The van der Waals surface area contributed by atoms with E-state index < -0.39 is 9.84 Å². The minimum absolute atomic E-state index is 0.0603. The van der Waals surface area contributed by atoms with E-state index in [-0.39, 0.29) is 17.5 Å². The standard InChI is InChI=1S/C9H14BrNO2S2/c1-7(11)4-5-15(12,13)6-8-2-3-9(10)14-8/h2-3,7H,4-6,11H2,1H3. The van der Waals surface area contributed by atoms with Crippen molar-refractivity contribution in [2.75, 3.05) is 5.75 Å². The topological polar surface area (TPSA) is 60.2 Å². The number of thiophene rings is 1. The molecule has 0 radical (unpaired) electrons. The Kier molecular flexibility index (Phi) is 4.76. The molecule has 0 spiro atoms. The minimum Gasteiger partial charge on any atom is -0.328 e. The van der Waals surface area contributed by atoms with E-state index in [0.29, 0.717) is 6.42 Å². The van der Waals surface area contributed by atoms with Gasteiger partial charge in [0.2, 0.25) is 0 Å². The highest BCUT2D eigenvalue weighted by Gasteiger charge is 2.14. The van der Waals surface area contributed by atoms with Crippen LogP contribution in [0.5, 0.6) is 0 Å². The molecule has 0 aliphatic rings. The molecule has 0 saturated heterocycles. The maximum atomic E-state index is 11.6. The zero-order chi connectivity index (χ0) is 11.5. The van der Waals surface area contributed by atoms with Gasteiger partial charge in [0.25, 0.3) is 0 Å². The monoisotopic (exact) mass is 311 g/mol. The number of hydrogen-bond acceptors (Lipinski definition) is 4. The molecule has 0 saturated carbocycles. The van der Waals surface area contributed by atoms with Gasteiger partial charge < -0.3 is 5.73 Å². The van der Waals surface area contributed by atoms with E-state index >= 15 is 0 Å². The fourth-order valence-corrected chi connectivity index (χ4v) is 4.54. The lowest BCUT2D eigenvalue weighted by atomic mass is 10.3. The fourth-order valence-electron chi connectivity index (χ4n) is 1.08. The molecule has 1 aromatic heterocycles. The molecule has 3 nitrogen and oxygen atoms in total. The summed E-state index contributed by atoms with van der Waals surface area (Å²) in [6.45, 7) is 1.82. The zero-order valence-electron chi connectivity index (χ0n) is 8.44. The van der Waals surface area contributed by atoms with Crippen LogP contribution in [-0.4, -0.2) is 20.2 Å². The van der Waals surface area contributed by atoms with Gasteiger partial charge in [0.1, 0.15) is 0 Å². The molecule has 2 N–H and O–H groups in total. The lowest BCUT2D eigenvalue weighted by molar-refractivity contribution is 0.587. The first-order valence-electron chi connectivity index (χ1n) is 4.59. The normalized spacial score (nSPS) is 14.1. The molecule has 0 fully saturated rings. The van der Waals surface area contributed by atoms with Crippen LogP contribution >= 0.6 is 27.3 Å². The van der Waals surface area contributed by atoms with Crippen molar-refractivity contribution in [2.24, 2.45) is 5.73 Å². The van der Waals surface area contributed by atoms with Gasteiger partial charge in [0, 0.05) is 10.9 Å². The smallest absolute Gasteiger partial charge is 0.155 e. The highest BCUT2D eigenvalue weighted by Crippen LogP contribution is 2.24. The summed E-state index contributed by atoms with van der Waals surface area (Å²) < 4.78 is 24.3. The Hall–Kier alpha value is 0.0900. The first kappa shape index (κ1) is 13.2. The minimum atomic E-state index is -3.01. The summed E-state index contributed by atoms with van der Waals surface area (Å²) in [5.74, 6) is 0.288. The van der Waals surface area contributed by atoms with Gasteiger partial charge in [0.05, 0.1) is 15.3 Å². The van der Waals surface area contributed by atoms with Gasteiger partial charge >= 0.3 is 0 Å². The predicted molar refractivity (Wildman–Crippen MR) is 67.8 cm³/mol. The number of halogens is 1. The summed E-state index contributed by atoms with van der Waals surface area (Å²) >= 11 is 4.76. The average Bonchev–Trinajstić information content (AvgIpc) is 2.47. The lowest BCUT2D eigenvalue weighted by Gasteiger charge is -2.05. The van der Waals surface area contributed by atoms with E-state index in [2.05, 4.69) is 15.9 Å². The highest BCUT2D eigenvalue weighted by molar-refractivity contribution is 9.11. The quantitative estimate of drug-likeness (QED) is 0.906. The molecule has 86 valence electrons. The summed E-state index contributed by atoms with van der Waals surface area (Å²) in [5.41, 5.74) is 5.53. The first-order chi connectivity index (χ1) is 6.89. The van der Waals surface area contributed by atoms with Crippen LogP contribution in [0.1, 0.15) is 18.2 Å². The van der Waals surface area contributed by atoms with Crippen molar-refractivity contribution in [3.05, 3.63) is 20.8 Å². The third kappa shape index (κ3) is 5.10. The van der Waals surface area contributed by atoms with Crippen LogP contribution in [0.4, 0.5) is 0 Å². The van der Waals surface area contributed by atoms with Crippen LogP contribution in [0, 0.1) is 0 Å². The first-order valence-corrected chi connectivity index (χ1v) is 8.02. The Morgan fingerprint density at radius 1 is 1.53 bits per heavy atom. The Balaban J connectivity index is 2.57. The van der Waals surface area contributed by atoms with E-state index in [9.17, 15) is 8.42 Å². The molecule has 0 aliphatic carbocycles. The molecule has 6 heteroatoms. The molecule has 0 aromatic carbocycles. The molecule has 1 unspecified atom stereocenters. The van der Waals surface area contributed by atoms with Crippen LogP contribution in [0.15, 0.2) is 15.9 Å².